The zero-order valence-corrected chi connectivity index (χ0v) is 18.4. The molecule has 1 aromatic carbocycles. The van der Waals surface area contributed by atoms with Crippen LogP contribution in [-0.2, 0) is 0 Å². The summed E-state index contributed by atoms with van der Waals surface area (Å²) in [5, 5.41) is 18.5. The van der Waals surface area contributed by atoms with Crippen LogP contribution in [0.15, 0.2) is 24.3 Å². The summed E-state index contributed by atoms with van der Waals surface area (Å²) < 4.78 is 25.3. The van der Waals surface area contributed by atoms with Crippen molar-refractivity contribution < 1.29 is 19.0 Å². The van der Waals surface area contributed by atoms with E-state index in [2.05, 4.69) is 15.2 Å². The number of hydrogen-bond acceptors (Lipinski definition) is 8. The van der Waals surface area contributed by atoms with Gasteiger partial charge in [-0.05, 0) is 32.0 Å². The largest absolute Gasteiger partial charge is 0.489 e. The number of hydrogen-bond donors (Lipinski definition) is 2. The van der Waals surface area contributed by atoms with E-state index in [0.29, 0.717) is 27.0 Å². The van der Waals surface area contributed by atoms with Crippen molar-refractivity contribution in [3.8, 4) is 32.8 Å². The van der Waals surface area contributed by atoms with E-state index < -0.39 is 11.9 Å². The molecule has 2 heterocycles. The van der Waals surface area contributed by atoms with Gasteiger partial charge in [-0.2, -0.15) is 0 Å². The van der Waals surface area contributed by atoms with Crippen LogP contribution in [0.3, 0.4) is 0 Å². The predicted molar refractivity (Wildman–Crippen MR) is 115 cm³/mol. The Kier molecular flexibility index (Phi) is 7.43. The fourth-order valence-corrected chi connectivity index (χ4v) is 3.71. The molecule has 160 valence electrons. The molecule has 3 N–H and O–H groups in total. The molecule has 0 saturated carbocycles. The van der Waals surface area contributed by atoms with Crippen LogP contribution < -0.4 is 15.2 Å². The maximum Gasteiger partial charge on any atom is 0.171 e. The van der Waals surface area contributed by atoms with Gasteiger partial charge in [0, 0.05) is 11.6 Å². The summed E-state index contributed by atoms with van der Waals surface area (Å²) in [4.78, 5) is 4.30. The topological polar surface area (TPSA) is 103 Å². The molecule has 0 spiro atoms. The van der Waals surface area contributed by atoms with Crippen molar-refractivity contribution in [2.24, 2.45) is 5.73 Å². The summed E-state index contributed by atoms with van der Waals surface area (Å²) in [6, 6.07) is 5.36. The molecular weight excluding hydrogens is 454 g/mol. The minimum absolute atomic E-state index is 0.0355. The van der Waals surface area contributed by atoms with Crippen molar-refractivity contribution in [1.29, 1.82) is 0 Å². The van der Waals surface area contributed by atoms with Crippen LogP contribution in [-0.4, -0.2) is 45.6 Å². The molecule has 1 atom stereocenters. The van der Waals surface area contributed by atoms with Gasteiger partial charge in [-0.25, -0.2) is 9.37 Å². The monoisotopic (exact) mass is 472 g/mol. The highest BCUT2D eigenvalue weighted by Crippen LogP contribution is 2.37. The van der Waals surface area contributed by atoms with Gasteiger partial charge < -0.3 is 20.3 Å². The molecular formula is C19H19Cl2FN4O3S. The van der Waals surface area contributed by atoms with Gasteiger partial charge >= 0.3 is 0 Å². The molecule has 2 aromatic heterocycles. The van der Waals surface area contributed by atoms with Crippen molar-refractivity contribution in [2.45, 2.75) is 26.0 Å². The number of nitrogens with two attached hydrogens (primary N) is 1. The minimum Gasteiger partial charge on any atom is -0.489 e. The molecule has 0 bridgehead atoms. The average molecular weight is 473 g/mol. The first kappa shape index (κ1) is 22.6. The quantitative estimate of drug-likeness (QED) is 0.473. The first-order chi connectivity index (χ1) is 14.3. The molecule has 0 aliphatic carbocycles. The number of pyridine rings is 1. The lowest BCUT2D eigenvalue weighted by molar-refractivity contribution is 0.202. The SMILES string of the molecule is CC(C)Oc1ccc(-c2nnc(-c3cc(F)c(OCC(N)CO)cc3Cl)s2)nc1Cl. The van der Waals surface area contributed by atoms with Crippen LogP contribution >= 0.6 is 34.5 Å². The van der Waals surface area contributed by atoms with Crippen molar-refractivity contribution in [2.75, 3.05) is 13.2 Å². The number of aliphatic hydroxyl groups excluding tert-OH is 1. The van der Waals surface area contributed by atoms with E-state index in [1.807, 2.05) is 13.8 Å². The number of aliphatic hydroxyl groups is 1. The van der Waals surface area contributed by atoms with Gasteiger partial charge in [0.25, 0.3) is 0 Å². The summed E-state index contributed by atoms with van der Waals surface area (Å²) in [5.41, 5.74) is 6.43. The number of benzene rings is 1. The van der Waals surface area contributed by atoms with E-state index in [4.69, 9.17) is 43.5 Å². The Bertz CT molecular complexity index is 1040. The molecule has 0 amide bonds. The van der Waals surface area contributed by atoms with Crippen LogP contribution in [0.1, 0.15) is 13.8 Å². The van der Waals surface area contributed by atoms with Crippen LogP contribution in [0.5, 0.6) is 11.5 Å². The van der Waals surface area contributed by atoms with E-state index in [9.17, 15) is 4.39 Å². The van der Waals surface area contributed by atoms with E-state index in [0.717, 1.165) is 0 Å². The summed E-state index contributed by atoms with van der Waals surface area (Å²) in [6.45, 7) is 3.46. The third-order valence-corrected chi connectivity index (χ3v) is 5.32. The molecule has 0 aliphatic heterocycles. The molecule has 11 heteroatoms. The van der Waals surface area contributed by atoms with Gasteiger partial charge in [0.1, 0.15) is 17.3 Å². The van der Waals surface area contributed by atoms with Crippen LogP contribution in [0, 0.1) is 5.82 Å². The van der Waals surface area contributed by atoms with Gasteiger partial charge in [0.2, 0.25) is 0 Å². The maximum absolute atomic E-state index is 14.4. The molecule has 7 nitrogen and oxygen atoms in total. The van der Waals surface area contributed by atoms with E-state index in [-0.39, 0.29) is 35.2 Å². The maximum atomic E-state index is 14.4. The molecule has 3 rings (SSSR count). The lowest BCUT2D eigenvalue weighted by atomic mass is 10.2. The third kappa shape index (κ3) is 5.35. The number of rotatable bonds is 8. The number of nitrogens with zero attached hydrogens (tertiary/aromatic N) is 3. The molecule has 1 unspecified atom stereocenters. The third-order valence-electron chi connectivity index (χ3n) is 3.76. The zero-order valence-electron chi connectivity index (χ0n) is 16.1. The zero-order chi connectivity index (χ0) is 21.8. The van der Waals surface area contributed by atoms with E-state index in [1.54, 1.807) is 12.1 Å². The van der Waals surface area contributed by atoms with Crippen molar-refractivity contribution in [1.82, 2.24) is 15.2 Å². The first-order valence-corrected chi connectivity index (χ1v) is 10.5. The predicted octanol–water partition coefficient (Wildman–Crippen LogP) is 4.20. The highest BCUT2D eigenvalue weighted by molar-refractivity contribution is 7.18. The van der Waals surface area contributed by atoms with Gasteiger partial charge in [0.05, 0.1) is 23.8 Å². The Morgan fingerprint density at radius 2 is 1.90 bits per heavy atom. The molecule has 0 saturated heterocycles. The second-order valence-corrected chi connectivity index (χ2v) is 8.32. The van der Waals surface area contributed by atoms with Crippen molar-refractivity contribution >= 4 is 34.5 Å². The average Bonchev–Trinajstić information content (AvgIpc) is 3.19. The molecule has 3 aromatic rings. The smallest absolute Gasteiger partial charge is 0.171 e. The van der Waals surface area contributed by atoms with Gasteiger partial charge in [0.15, 0.2) is 27.5 Å². The fourth-order valence-electron chi connectivity index (χ4n) is 2.37. The number of ether oxygens (including phenoxy) is 2. The van der Waals surface area contributed by atoms with Crippen molar-refractivity contribution in [3.05, 3.63) is 40.3 Å². The number of aromatic nitrogens is 3. The summed E-state index contributed by atoms with van der Waals surface area (Å²) >= 11 is 13.7. The van der Waals surface area contributed by atoms with E-state index in [1.165, 1.54) is 23.5 Å². The molecule has 0 radical (unpaired) electrons. The molecule has 0 fully saturated rings. The standard InChI is InChI=1S/C19H19Cl2FN4O3S/c1-9(2)29-15-4-3-14(24-17(15)21)19-26-25-18(30-19)11-5-13(22)16(6-12(11)20)28-8-10(23)7-27/h3-6,9-10,27H,7-8,23H2,1-2H3. The van der Waals surface area contributed by atoms with Gasteiger partial charge in [-0.1, -0.05) is 34.5 Å². The highest BCUT2D eigenvalue weighted by Gasteiger charge is 2.18. The summed E-state index contributed by atoms with van der Waals surface area (Å²) in [6.07, 6.45) is -0.0355. The first-order valence-electron chi connectivity index (χ1n) is 8.94. The van der Waals surface area contributed by atoms with Crippen LogP contribution in [0.25, 0.3) is 21.3 Å². The van der Waals surface area contributed by atoms with Crippen molar-refractivity contribution in [3.63, 3.8) is 0 Å². The summed E-state index contributed by atoms with van der Waals surface area (Å²) in [5.74, 6) is -0.221. The van der Waals surface area contributed by atoms with Crippen LogP contribution in [0.4, 0.5) is 4.39 Å². The second kappa shape index (κ2) is 9.84. The lowest BCUT2D eigenvalue weighted by Crippen LogP contribution is -2.31. The van der Waals surface area contributed by atoms with E-state index >= 15 is 0 Å². The van der Waals surface area contributed by atoms with Crippen LogP contribution in [0.2, 0.25) is 10.2 Å². The fraction of sp³-hybridized carbons (Fsp3) is 0.316. The Labute approximate surface area is 186 Å². The normalized spacial score (nSPS) is 12.3. The Balaban J connectivity index is 1.84. The lowest BCUT2D eigenvalue weighted by Gasteiger charge is -2.12. The van der Waals surface area contributed by atoms with Gasteiger partial charge in [-0.15, -0.1) is 10.2 Å². The minimum atomic E-state index is -0.632. The molecule has 30 heavy (non-hydrogen) atoms. The number of halogens is 3. The van der Waals surface area contributed by atoms with Gasteiger partial charge in [-0.3, -0.25) is 0 Å². The Hall–Kier alpha value is -2.04. The summed E-state index contributed by atoms with van der Waals surface area (Å²) in [7, 11) is 0. The highest BCUT2D eigenvalue weighted by atomic mass is 35.5. The molecule has 0 aliphatic rings. The Morgan fingerprint density at radius 1 is 1.17 bits per heavy atom. The Morgan fingerprint density at radius 3 is 2.57 bits per heavy atom. The second-order valence-electron chi connectivity index (χ2n) is 6.58.